The first-order chi connectivity index (χ1) is 13.8. The predicted octanol–water partition coefficient (Wildman–Crippen LogP) is 2.58. The average Bonchev–Trinajstić information content (AvgIpc) is 2.76. The standard InChI is InChI=1S/C22H29N5O/c28-22(27-16-14-26(15-17-27)21-6-10-23-11-7-21)24-20-8-12-25(13-9-20)18-19-4-2-1-3-5-19/h1-7,10-11,20H,8-9,12-18H2,(H,24,28). The number of carbonyl (C=O) groups is 1. The van der Waals surface area contributed by atoms with Crippen LogP contribution in [0, 0.1) is 0 Å². The van der Waals surface area contributed by atoms with Crippen LogP contribution in [0.25, 0.3) is 0 Å². The maximum absolute atomic E-state index is 12.7. The zero-order chi connectivity index (χ0) is 19.2. The number of aromatic nitrogens is 1. The van der Waals surface area contributed by atoms with Gasteiger partial charge in [0.25, 0.3) is 0 Å². The molecule has 1 aromatic carbocycles. The van der Waals surface area contributed by atoms with Gasteiger partial charge in [-0.15, -0.1) is 0 Å². The van der Waals surface area contributed by atoms with Crippen molar-refractivity contribution in [2.75, 3.05) is 44.2 Å². The van der Waals surface area contributed by atoms with Crippen LogP contribution in [0.15, 0.2) is 54.9 Å². The summed E-state index contributed by atoms with van der Waals surface area (Å²) in [5, 5.41) is 3.26. The number of likely N-dealkylation sites (tertiary alicyclic amines) is 1. The van der Waals surface area contributed by atoms with E-state index in [2.05, 4.69) is 50.4 Å². The predicted molar refractivity (Wildman–Crippen MR) is 111 cm³/mol. The van der Waals surface area contributed by atoms with Gasteiger partial charge in [-0.2, -0.15) is 0 Å². The number of urea groups is 1. The highest BCUT2D eigenvalue weighted by molar-refractivity contribution is 5.75. The number of amides is 2. The quantitative estimate of drug-likeness (QED) is 0.887. The Morgan fingerprint density at radius 3 is 2.29 bits per heavy atom. The average molecular weight is 380 g/mol. The van der Waals surface area contributed by atoms with Crippen LogP contribution in [0.4, 0.5) is 10.5 Å². The molecule has 6 nitrogen and oxygen atoms in total. The number of hydrogen-bond donors (Lipinski definition) is 1. The molecule has 0 bridgehead atoms. The molecule has 0 unspecified atom stereocenters. The van der Waals surface area contributed by atoms with Crippen molar-refractivity contribution in [1.82, 2.24) is 20.1 Å². The van der Waals surface area contributed by atoms with Gasteiger partial charge in [0.05, 0.1) is 0 Å². The molecule has 0 atom stereocenters. The molecule has 4 rings (SSSR count). The lowest BCUT2D eigenvalue weighted by molar-refractivity contribution is 0.167. The topological polar surface area (TPSA) is 51.7 Å². The number of piperazine rings is 1. The second kappa shape index (κ2) is 9.06. The van der Waals surface area contributed by atoms with E-state index >= 15 is 0 Å². The third kappa shape index (κ3) is 4.81. The van der Waals surface area contributed by atoms with E-state index < -0.39 is 0 Å². The molecule has 2 saturated heterocycles. The third-order valence-corrected chi connectivity index (χ3v) is 5.76. The van der Waals surface area contributed by atoms with Crippen molar-refractivity contribution in [1.29, 1.82) is 0 Å². The van der Waals surface area contributed by atoms with E-state index in [-0.39, 0.29) is 12.1 Å². The number of anilines is 1. The molecule has 0 aliphatic carbocycles. The molecule has 6 heteroatoms. The first-order valence-corrected chi connectivity index (χ1v) is 10.2. The molecule has 1 N–H and O–H groups in total. The maximum Gasteiger partial charge on any atom is 0.317 e. The molecule has 1 aromatic heterocycles. The zero-order valence-corrected chi connectivity index (χ0v) is 16.3. The Hall–Kier alpha value is -2.60. The van der Waals surface area contributed by atoms with E-state index in [1.807, 2.05) is 29.4 Å². The number of benzene rings is 1. The van der Waals surface area contributed by atoms with Gasteiger partial charge in [-0.25, -0.2) is 4.79 Å². The molecule has 148 valence electrons. The smallest absolute Gasteiger partial charge is 0.317 e. The minimum absolute atomic E-state index is 0.0934. The third-order valence-electron chi connectivity index (χ3n) is 5.76. The van der Waals surface area contributed by atoms with E-state index in [9.17, 15) is 4.79 Å². The largest absolute Gasteiger partial charge is 0.368 e. The van der Waals surface area contributed by atoms with E-state index in [1.165, 1.54) is 11.3 Å². The van der Waals surface area contributed by atoms with Crippen LogP contribution in [0.5, 0.6) is 0 Å². The van der Waals surface area contributed by atoms with Crippen molar-refractivity contribution < 1.29 is 4.79 Å². The monoisotopic (exact) mass is 379 g/mol. The highest BCUT2D eigenvalue weighted by Crippen LogP contribution is 2.16. The Kier molecular flexibility index (Phi) is 6.07. The van der Waals surface area contributed by atoms with Crippen molar-refractivity contribution in [3.63, 3.8) is 0 Å². The Morgan fingerprint density at radius 2 is 1.61 bits per heavy atom. The molecule has 3 heterocycles. The van der Waals surface area contributed by atoms with E-state index in [0.717, 1.165) is 58.7 Å². The van der Waals surface area contributed by atoms with Crippen LogP contribution in [0.1, 0.15) is 18.4 Å². The number of nitrogens with one attached hydrogen (secondary N) is 1. The highest BCUT2D eigenvalue weighted by atomic mass is 16.2. The SMILES string of the molecule is O=C(NC1CCN(Cc2ccccc2)CC1)N1CCN(c2ccncc2)CC1. The molecule has 2 aromatic rings. The van der Waals surface area contributed by atoms with Crippen molar-refractivity contribution in [3.8, 4) is 0 Å². The van der Waals surface area contributed by atoms with Gasteiger partial charge in [-0.05, 0) is 30.5 Å². The summed E-state index contributed by atoms with van der Waals surface area (Å²) in [6.07, 6.45) is 5.68. The van der Waals surface area contributed by atoms with Gasteiger partial charge < -0.3 is 15.1 Å². The maximum atomic E-state index is 12.7. The molecule has 2 fully saturated rings. The number of piperidine rings is 1. The molecule has 2 aliphatic rings. The summed E-state index contributed by atoms with van der Waals surface area (Å²) in [7, 11) is 0. The molecule has 28 heavy (non-hydrogen) atoms. The second-order valence-electron chi connectivity index (χ2n) is 7.67. The number of hydrogen-bond acceptors (Lipinski definition) is 4. The summed E-state index contributed by atoms with van der Waals surface area (Å²) in [6.45, 7) is 6.34. The summed E-state index contributed by atoms with van der Waals surface area (Å²) in [4.78, 5) is 23.5. The van der Waals surface area contributed by atoms with Crippen molar-refractivity contribution in [2.45, 2.75) is 25.4 Å². The van der Waals surface area contributed by atoms with Gasteiger partial charge in [0, 0.05) is 69.9 Å². The van der Waals surface area contributed by atoms with Gasteiger partial charge in [0.15, 0.2) is 0 Å². The Labute approximate surface area is 167 Å². The first kappa shape index (κ1) is 18.7. The lowest BCUT2D eigenvalue weighted by Gasteiger charge is -2.38. The first-order valence-electron chi connectivity index (χ1n) is 10.2. The lowest BCUT2D eigenvalue weighted by atomic mass is 10.0. The molecule has 2 amide bonds. The normalized spacial score (nSPS) is 18.9. The summed E-state index contributed by atoms with van der Waals surface area (Å²) in [5.74, 6) is 0. The number of carbonyl (C=O) groups excluding carboxylic acids is 1. The summed E-state index contributed by atoms with van der Waals surface area (Å²) >= 11 is 0. The molecular formula is C22H29N5O. The van der Waals surface area contributed by atoms with Gasteiger partial charge in [-0.3, -0.25) is 9.88 Å². The van der Waals surface area contributed by atoms with Gasteiger partial charge in [-0.1, -0.05) is 30.3 Å². The Morgan fingerprint density at radius 1 is 0.929 bits per heavy atom. The van der Waals surface area contributed by atoms with Gasteiger partial charge in [0.1, 0.15) is 0 Å². The molecule has 0 radical (unpaired) electrons. The van der Waals surface area contributed by atoms with E-state index in [0.29, 0.717) is 0 Å². The zero-order valence-electron chi connectivity index (χ0n) is 16.3. The van der Waals surface area contributed by atoms with Crippen LogP contribution >= 0.6 is 0 Å². The molecule has 2 aliphatic heterocycles. The fraction of sp³-hybridized carbons (Fsp3) is 0.455. The Bertz CT molecular complexity index is 738. The minimum Gasteiger partial charge on any atom is -0.368 e. The number of rotatable bonds is 4. The van der Waals surface area contributed by atoms with Crippen molar-refractivity contribution >= 4 is 11.7 Å². The second-order valence-corrected chi connectivity index (χ2v) is 7.67. The van der Waals surface area contributed by atoms with E-state index in [4.69, 9.17) is 0 Å². The van der Waals surface area contributed by atoms with Crippen molar-refractivity contribution in [2.24, 2.45) is 0 Å². The summed E-state index contributed by atoms with van der Waals surface area (Å²) < 4.78 is 0. The minimum atomic E-state index is 0.0934. The number of pyridine rings is 1. The Balaban J connectivity index is 1.19. The van der Waals surface area contributed by atoms with Crippen LogP contribution in [-0.4, -0.2) is 66.1 Å². The highest BCUT2D eigenvalue weighted by Gasteiger charge is 2.25. The summed E-state index contributed by atoms with van der Waals surface area (Å²) in [6, 6.07) is 15.0. The van der Waals surface area contributed by atoms with Gasteiger partial charge in [0.2, 0.25) is 0 Å². The molecular weight excluding hydrogens is 350 g/mol. The van der Waals surface area contributed by atoms with Gasteiger partial charge >= 0.3 is 6.03 Å². The van der Waals surface area contributed by atoms with Crippen LogP contribution in [-0.2, 0) is 6.54 Å². The fourth-order valence-electron chi connectivity index (χ4n) is 4.07. The van der Waals surface area contributed by atoms with Crippen molar-refractivity contribution in [3.05, 3.63) is 60.4 Å². The molecule has 0 saturated carbocycles. The lowest BCUT2D eigenvalue weighted by Crippen LogP contribution is -2.54. The van der Waals surface area contributed by atoms with Crippen LogP contribution < -0.4 is 10.2 Å². The summed E-state index contributed by atoms with van der Waals surface area (Å²) in [5.41, 5.74) is 2.54. The molecule has 0 spiro atoms. The fourth-order valence-corrected chi connectivity index (χ4v) is 4.07. The van der Waals surface area contributed by atoms with Crippen LogP contribution in [0.3, 0.4) is 0 Å². The van der Waals surface area contributed by atoms with Crippen LogP contribution in [0.2, 0.25) is 0 Å². The van der Waals surface area contributed by atoms with E-state index in [1.54, 1.807) is 0 Å². The number of nitrogens with zero attached hydrogens (tertiary/aromatic N) is 4.